The normalized spacial score (nSPS) is 13.0. The molecule has 0 aliphatic carbocycles. The second-order valence-electron chi connectivity index (χ2n) is 5.30. The molecule has 0 spiro atoms. The van der Waals surface area contributed by atoms with Crippen LogP contribution in [0, 0.1) is 0 Å². The molecule has 0 heterocycles. The highest BCUT2D eigenvalue weighted by atomic mass is 19.4. The van der Waals surface area contributed by atoms with Crippen molar-refractivity contribution < 1.29 is 18.0 Å². The van der Waals surface area contributed by atoms with Crippen LogP contribution in [0.5, 0.6) is 0 Å². The van der Waals surface area contributed by atoms with Crippen LogP contribution in [-0.4, -0.2) is 11.9 Å². The van der Waals surface area contributed by atoms with E-state index >= 15 is 0 Å². The van der Waals surface area contributed by atoms with Gasteiger partial charge in [0.2, 0.25) is 0 Å². The predicted octanol–water partition coefficient (Wildman–Crippen LogP) is 4.79. The molecule has 1 rings (SSSR count). The van der Waals surface area contributed by atoms with Crippen LogP contribution in [0.3, 0.4) is 0 Å². The molecule has 1 amide bonds. The molecule has 0 saturated heterocycles. The van der Waals surface area contributed by atoms with Crippen molar-refractivity contribution in [2.24, 2.45) is 0 Å². The Hall–Kier alpha value is -1.52. The Bertz CT molecular complexity index is 440. The summed E-state index contributed by atoms with van der Waals surface area (Å²) in [5.74, 6) is -0.327. The minimum Gasteiger partial charge on any atom is -0.350 e. The third-order valence-electron chi connectivity index (χ3n) is 3.34. The number of rotatable bonds is 7. The van der Waals surface area contributed by atoms with Gasteiger partial charge in [-0.1, -0.05) is 32.6 Å². The van der Waals surface area contributed by atoms with Gasteiger partial charge in [-0.15, -0.1) is 0 Å². The minimum absolute atomic E-state index is 0.0247. The van der Waals surface area contributed by atoms with E-state index in [1.54, 1.807) is 0 Å². The van der Waals surface area contributed by atoms with Gasteiger partial charge in [0.15, 0.2) is 0 Å². The van der Waals surface area contributed by atoms with Gasteiger partial charge in [0.1, 0.15) is 0 Å². The highest BCUT2D eigenvalue weighted by Gasteiger charge is 2.30. The summed E-state index contributed by atoms with van der Waals surface area (Å²) in [6.07, 6.45) is 1.03. The maximum Gasteiger partial charge on any atom is 0.416 e. The SMILES string of the molecule is CCCCCCC(C)NC(=O)c1ccc(C(F)(F)F)cc1. The van der Waals surface area contributed by atoms with Crippen LogP contribution in [-0.2, 0) is 6.18 Å². The minimum atomic E-state index is -4.37. The topological polar surface area (TPSA) is 29.1 Å². The van der Waals surface area contributed by atoms with E-state index < -0.39 is 11.7 Å². The average molecular weight is 301 g/mol. The first-order valence-corrected chi connectivity index (χ1v) is 7.32. The van der Waals surface area contributed by atoms with Crippen LogP contribution < -0.4 is 5.32 Å². The van der Waals surface area contributed by atoms with Gasteiger partial charge >= 0.3 is 6.18 Å². The highest BCUT2D eigenvalue weighted by Crippen LogP contribution is 2.29. The summed E-state index contributed by atoms with van der Waals surface area (Å²) < 4.78 is 37.3. The summed E-state index contributed by atoms with van der Waals surface area (Å²) >= 11 is 0. The number of unbranched alkanes of at least 4 members (excludes halogenated alkanes) is 3. The number of halogens is 3. The summed E-state index contributed by atoms with van der Waals surface area (Å²) in [7, 11) is 0. The number of alkyl halides is 3. The van der Waals surface area contributed by atoms with Crippen molar-refractivity contribution in [1.82, 2.24) is 5.32 Å². The Morgan fingerprint density at radius 1 is 1.14 bits per heavy atom. The average Bonchev–Trinajstić information content (AvgIpc) is 2.43. The van der Waals surface area contributed by atoms with E-state index in [-0.39, 0.29) is 17.5 Å². The monoisotopic (exact) mass is 301 g/mol. The highest BCUT2D eigenvalue weighted by molar-refractivity contribution is 5.94. The van der Waals surface area contributed by atoms with E-state index in [9.17, 15) is 18.0 Å². The summed E-state index contributed by atoms with van der Waals surface area (Å²) in [6, 6.07) is 4.31. The van der Waals surface area contributed by atoms with Crippen molar-refractivity contribution in [3.63, 3.8) is 0 Å². The zero-order valence-corrected chi connectivity index (χ0v) is 12.5. The smallest absolute Gasteiger partial charge is 0.350 e. The number of amides is 1. The fourth-order valence-electron chi connectivity index (χ4n) is 2.07. The summed E-state index contributed by atoms with van der Waals surface area (Å²) in [5.41, 5.74) is -0.491. The lowest BCUT2D eigenvalue weighted by Gasteiger charge is -2.14. The summed E-state index contributed by atoms with van der Waals surface area (Å²) in [6.45, 7) is 4.05. The van der Waals surface area contributed by atoms with Crippen molar-refractivity contribution in [1.29, 1.82) is 0 Å². The van der Waals surface area contributed by atoms with E-state index in [0.717, 1.165) is 37.8 Å². The molecule has 1 aromatic carbocycles. The number of benzene rings is 1. The lowest BCUT2D eigenvalue weighted by atomic mass is 10.1. The fraction of sp³-hybridized carbons (Fsp3) is 0.562. The summed E-state index contributed by atoms with van der Waals surface area (Å²) in [5, 5.41) is 2.81. The fourth-order valence-corrected chi connectivity index (χ4v) is 2.07. The molecule has 2 nitrogen and oxygen atoms in total. The zero-order valence-electron chi connectivity index (χ0n) is 12.5. The van der Waals surface area contributed by atoms with Crippen molar-refractivity contribution in [2.45, 2.75) is 58.2 Å². The Morgan fingerprint density at radius 2 is 1.76 bits per heavy atom. The van der Waals surface area contributed by atoms with Gasteiger partial charge in [0, 0.05) is 11.6 Å². The van der Waals surface area contributed by atoms with Crippen LogP contribution in [0.2, 0.25) is 0 Å². The number of carbonyl (C=O) groups excluding carboxylic acids is 1. The molecule has 1 aromatic rings. The Kier molecular flexibility index (Phi) is 6.72. The van der Waals surface area contributed by atoms with Gasteiger partial charge in [-0.25, -0.2) is 0 Å². The lowest BCUT2D eigenvalue weighted by molar-refractivity contribution is -0.137. The third-order valence-corrected chi connectivity index (χ3v) is 3.34. The molecule has 0 saturated carbocycles. The van der Waals surface area contributed by atoms with Crippen LogP contribution in [0.1, 0.15) is 61.9 Å². The second kappa shape index (κ2) is 8.05. The Balaban J connectivity index is 2.48. The van der Waals surface area contributed by atoms with E-state index in [1.165, 1.54) is 18.6 Å². The molecule has 1 atom stereocenters. The van der Waals surface area contributed by atoms with Gasteiger partial charge < -0.3 is 5.32 Å². The zero-order chi connectivity index (χ0) is 15.9. The van der Waals surface area contributed by atoms with Crippen molar-refractivity contribution >= 4 is 5.91 Å². The Labute approximate surface area is 123 Å². The van der Waals surface area contributed by atoms with E-state index in [1.807, 2.05) is 6.92 Å². The third kappa shape index (κ3) is 6.19. The van der Waals surface area contributed by atoms with Crippen LogP contribution in [0.4, 0.5) is 13.2 Å². The van der Waals surface area contributed by atoms with E-state index in [4.69, 9.17) is 0 Å². The quantitative estimate of drug-likeness (QED) is 0.720. The van der Waals surface area contributed by atoms with Gasteiger partial charge in [-0.3, -0.25) is 4.79 Å². The molecule has 118 valence electrons. The number of hydrogen-bond donors (Lipinski definition) is 1. The molecule has 5 heteroatoms. The first kappa shape index (κ1) is 17.5. The molecule has 0 radical (unpaired) electrons. The van der Waals surface area contributed by atoms with Gasteiger partial charge in [0.05, 0.1) is 5.56 Å². The standard InChI is InChI=1S/C16H22F3NO/c1-3-4-5-6-7-12(2)20-15(21)13-8-10-14(11-9-13)16(17,18)19/h8-12H,3-7H2,1-2H3,(H,20,21). The molecule has 1 unspecified atom stereocenters. The number of hydrogen-bond acceptors (Lipinski definition) is 1. The maximum absolute atomic E-state index is 12.4. The number of carbonyl (C=O) groups is 1. The lowest BCUT2D eigenvalue weighted by Crippen LogP contribution is -2.32. The largest absolute Gasteiger partial charge is 0.416 e. The second-order valence-corrected chi connectivity index (χ2v) is 5.30. The van der Waals surface area contributed by atoms with Crippen molar-refractivity contribution in [2.75, 3.05) is 0 Å². The van der Waals surface area contributed by atoms with Gasteiger partial charge in [-0.2, -0.15) is 13.2 Å². The predicted molar refractivity (Wildman–Crippen MR) is 77.1 cm³/mol. The van der Waals surface area contributed by atoms with E-state index in [0.29, 0.717) is 0 Å². The Morgan fingerprint density at radius 3 is 2.29 bits per heavy atom. The molecular formula is C16H22F3NO. The molecule has 0 aromatic heterocycles. The first-order valence-electron chi connectivity index (χ1n) is 7.32. The maximum atomic E-state index is 12.4. The van der Waals surface area contributed by atoms with Gasteiger partial charge in [-0.05, 0) is 37.6 Å². The summed E-state index contributed by atoms with van der Waals surface area (Å²) in [4.78, 5) is 11.9. The molecule has 0 aliphatic rings. The first-order chi connectivity index (χ1) is 9.84. The molecule has 0 aliphatic heterocycles. The number of nitrogens with one attached hydrogen (secondary N) is 1. The molecule has 0 fully saturated rings. The molecule has 0 bridgehead atoms. The molecule has 21 heavy (non-hydrogen) atoms. The van der Waals surface area contributed by atoms with Crippen LogP contribution in [0.25, 0.3) is 0 Å². The molecular weight excluding hydrogens is 279 g/mol. The van der Waals surface area contributed by atoms with Crippen molar-refractivity contribution in [3.8, 4) is 0 Å². The van der Waals surface area contributed by atoms with Crippen molar-refractivity contribution in [3.05, 3.63) is 35.4 Å². The van der Waals surface area contributed by atoms with Crippen LogP contribution >= 0.6 is 0 Å². The molecule has 1 N–H and O–H groups in total. The van der Waals surface area contributed by atoms with Crippen LogP contribution in [0.15, 0.2) is 24.3 Å². The van der Waals surface area contributed by atoms with E-state index in [2.05, 4.69) is 12.2 Å². The van der Waals surface area contributed by atoms with Gasteiger partial charge in [0.25, 0.3) is 5.91 Å².